The van der Waals surface area contributed by atoms with Crippen molar-refractivity contribution in [2.75, 3.05) is 16.8 Å². The minimum absolute atomic E-state index is 0. The third-order valence-electron chi connectivity index (χ3n) is 19.6. The zero-order chi connectivity index (χ0) is 74.1. The van der Waals surface area contributed by atoms with Gasteiger partial charge in [0.15, 0.2) is 0 Å². The number of ether oxygens (including phenoxy) is 1. The van der Waals surface area contributed by atoms with Crippen LogP contribution in [0.1, 0.15) is 77.9 Å². The van der Waals surface area contributed by atoms with Gasteiger partial charge >= 0.3 is 39.0 Å². The molecule has 0 saturated heterocycles. The Hall–Kier alpha value is -9.87. The summed E-state index contributed by atoms with van der Waals surface area (Å²) in [5.74, 6) is 0.864. The molecule has 0 fully saturated rings. The van der Waals surface area contributed by atoms with Crippen molar-refractivity contribution in [2.24, 2.45) is 7.05 Å². The van der Waals surface area contributed by atoms with Gasteiger partial charge in [-0.3, -0.25) is 4.68 Å². The summed E-state index contributed by atoms with van der Waals surface area (Å²) < 4.78 is 12.6. The fourth-order valence-electron chi connectivity index (χ4n) is 14.5. The molecule has 2 aliphatic heterocycles. The monoisotopic (exact) mass is 1810 g/mol. The van der Waals surface area contributed by atoms with E-state index in [1.165, 1.54) is 116 Å². The van der Waals surface area contributed by atoms with Crippen LogP contribution >= 0.6 is 11.5 Å². The summed E-state index contributed by atoms with van der Waals surface area (Å²) in [5.41, 5.74) is 37.6. The molecule has 4 heterocycles. The van der Waals surface area contributed by atoms with Gasteiger partial charge in [0.2, 0.25) is 0 Å². The molecule has 4 radical (unpaired) electrons. The standard InChI is InChI=1S/C25H24N2.C25H23N2.C24H21NO.C24H20NS.4Rh/c1-18-10-8-9-13-23(18)27-16-24(26(4)17-27)25-19(2)14-22(15-20(25)3)21-11-6-5-7-12-21;1-17-10-8-9-13-22(17)23-16-24(27(4)26-23)25-18(2)14-21(15-19(25)3)20-11-6-5-7-12-20;1-17-9-7-8-12-22(17)25-15-23(26-16-25)24-18(2)13-21(14-19(24)3)20-10-5-4-6-11-20;1-16-9-7-8-12-21(16)22-15-23(26-25-22)24-17(2)13-20(14-18(24)3)19-10-5-4-6-11-19;;;;/h5-17H,1H2,2-4H3;5-16H,1H2,2-4H3;4-16H,1H2,2-3H3;4-15H,1H2,2-3H3;;;;/q-2;-1;-2;-1;;;2*+2. The molecule has 0 N–H and O–H groups in total. The van der Waals surface area contributed by atoms with E-state index in [-0.39, 0.29) is 77.9 Å². The maximum Gasteiger partial charge on any atom is 2.00 e. The fourth-order valence-corrected chi connectivity index (χ4v) is 15.4. The van der Waals surface area contributed by atoms with Crippen molar-refractivity contribution in [1.82, 2.24) is 19.1 Å². The molecular weight excluding hydrogens is 1720 g/mol. The van der Waals surface area contributed by atoms with E-state index in [1.54, 1.807) is 18.3 Å². The second-order valence-corrected chi connectivity index (χ2v) is 28.2. The van der Waals surface area contributed by atoms with Gasteiger partial charge < -0.3 is 19.4 Å². The Bertz CT molecular complexity index is 5440. The van der Waals surface area contributed by atoms with E-state index in [0.717, 1.165) is 73.2 Å². The Labute approximate surface area is 708 Å². The van der Waals surface area contributed by atoms with Crippen LogP contribution in [0.5, 0.6) is 0 Å². The number of benzene rings is 12. The van der Waals surface area contributed by atoms with Gasteiger partial charge in [-0.15, -0.1) is 47.5 Å². The molecule has 12 aromatic carbocycles. The van der Waals surface area contributed by atoms with Crippen molar-refractivity contribution in [1.29, 1.82) is 0 Å². The number of aryl methyl sites for hydroxylation is 9. The van der Waals surface area contributed by atoms with Crippen molar-refractivity contribution >= 4 is 34.4 Å². The molecule has 0 saturated carbocycles. The molecule has 110 heavy (non-hydrogen) atoms. The third-order valence-corrected chi connectivity index (χ3v) is 20.4. The SMILES string of the molecule is [CH2-]c1ccccc1-c1cc(-c2c(C)cc(-c3ccccc3)cc2C)n(C)n1.[CH2-]c1ccccc1-c1cc(-c2c(C)cc(-c3ccccc3)cc2C)sn1.[CH2-]c1ccccc1N1C=C(c2c(C)cc(-c3ccccc3)cc2C)N(C)[CH-]1.[CH2-]c1ccccc1N1C=C(c2c(C)cc(-c3ccccc3)cc2C)O[CH-]1.[Rh+2].[Rh+2].[Rh].[Rh]. The van der Waals surface area contributed by atoms with Gasteiger partial charge in [0, 0.05) is 86.0 Å². The van der Waals surface area contributed by atoms with Crippen molar-refractivity contribution in [3.8, 4) is 88.7 Å². The van der Waals surface area contributed by atoms with Gasteiger partial charge in [0.25, 0.3) is 0 Å². The molecule has 16 rings (SSSR count). The topological polar surface area (TPSA) is 49.7 Å². The van der Waals surface area contributed by atoms with E-state index < -0.39 is 0 Å². The Morgan fingerprint density at radius 2 is 0.691 bits per heavy atom. The van der Waals surface area contributed by atoms with E-state index in [1.807, 2.05) is 102 Å². The molecule has 560 valence electrons. The van der Waals surface area contributed by atoms with E-state index >= 15 is 0 Å². The first-order chi connectivity index (χ1) is 51.3. The number of hydrogen-bond acceptors (Lipinski definition) is 7. The molecule has 7 nitrogen and oxygen atoms in total. The minimum atomic E-state index is 0. The average molecular weight is 1810 g/mol. The van der Waals surface area contributed by atoms with Crippen molar-refractivity contribution in [3.05, 3.63) is 410 Å². The molecule has 12 heteroatoms. The summed E-state index contributed by atoms with van der Waals surface area (Å²) in [6.07, 6.45) is 4.23. The predicted octanol–water partition coefficient (Wildman–Crippen LogP) is 25.3. The van der Waals surface area contributed by atoms with Crippen LogP contribution in [0.4, 0.5) is 11.4 Å². The fraction of sp³-hybridized carbons (Fsp3) is 0.102. The molecule has 14 aromatic rings. The molecule has 2 aliphatic rings. The van der Waals surface area contributed by atoms with Gasteiger partial charge in [-0.05, 0) is 187 Å². The number of hydrogen-bond donors (Lipinski definition) is 0. The number of rotatable bonds is 12. The zero-order valence-corrected chi connectivity index (χ0v) is 70.9. The van der Waals surface area contributed by atoms with Crippen molar-refractivity contribution in [2.45, 2.75) is 55.4 Å². The molecule has 0 aliphatic carbocycles. The van der Waals surface area contributed by atoms with Crippen LogP contribution in [-0.4, -0.2) is 26.1 Å². The second kappa shape index (κ2) is 38.2. The van der Waals surface area contributed by atoms with Gasteiger partial charge in [-0.25, -0.2) is 4.37 Å². The Balaban J connectivity index is 0.000000167. The van der Waals surface area contributed by atoms with Crippen LogP contribution in [0.15, 0.2) is 291 Å². The second-order valence-electron chi connectivity index (χ2n) is 27.4. The summed E-state index contributed by atoms with van der Waals surface area (Å²) in [4.78, 5) is 7.53. The van der Waals surface area contributed by atoms with Crippen LogP contribution in [0.25, 0.3) is 100 Å². The van der Waals surface area contributed by atoms with Crippen molar-refractivity contribution in [3.63, 3.8) is 0 Å². The maximum atomic E-state index is 5.90. The van der Waals surface area contributed by atoms with Gasteiger partial charge in [-0.2, -0.15) is 86.0 Å². The molecule has 0 amide bonds. The Morgan fingerprint density at radius 3 is 1.10 bits per heavy atom. The smallest absolute Gasteiger partial charge is 0.641 e. The molecule has 0 unspecified atom stereocenters. The van der Waals surface area contributed by atoms with E-state index in [9.17, 15) is 0 Å². The van der Waals surface area contributed by atoms with Crippen molar-refractivity contribution < 1.29 is 82.6 Å². The van der Waals surface area contributed by atoms with E-state index in [2.05, 4.69) is 317 Å². The van der Waals surface area contributed by atoms with Gasteiger partial charge in [0.1, 0.15) is 5.76 Å². The largest absolute Gasteiger partial charge is 2.00 e. The molecule has 2 aromatic heterocycles. The Morgan fingerprint density at radius 1 is 0.345 bits per heavy atom. The molecular formula is C98H88N6ORh4S-2. The zero-order valence-electron chi connectivity index (χ0n) is 63.5. The minimum Gasteiger partial charge on any atom is -0.641 e. The summed E-state index contributed by atoms with van der Waals surface area (Å²) >= 11 is 1.56. The van der Waals surface area contributed by atoms with Crippen LogP contribution in [0.3, 0.4) is 0 Å². The van der Waals surface area contributed by atoms with Crippen LogP contribution in [0.2, 0.25) is 0 Å². The van der Waals surface area contributed by atoms with Crippen LogP contribution < -0.4 is 9.80 Å². The van der Waals surface area contributed by atoms with Crippen LogP contribution in [-0.2, 0) is 89.7 Å². The first-order valence-electron chi connectivity index (χ1n) is 35.8. The third kappa shape index (κ3) is 19.1. The number of nitrogens with zero attached hydrogens (tertiary/aromatic N) is 6. The molecule has 0 bridgehead atoms. The maximum absolute atomic E-state index is 5.90. The van der Waals surface area contributed by atoms with Gasteiger partial charge in [-0.1, -0.05) is 224 Å². The van der Waals surface area contributed by atoms with Crippen LogP contribution in [0, 0.1) is 96.5 Å². The molecule has 0 spiro atoms. The van der Waals surface area contributed by atoms with E-state index in [4.69, 9.17) is 9.84 Å². The van der Waals surface area contributed by atoms with E-state index in [0.29, 0.717) is 0 Å². The first-order valence-corrected chi connectivity index (χ1v) is 36.5. The number of para-hydroxylation sites is 2. The normalized spacial score (nSPS) is 11.8. The predicted molar refractivity (Wildman–Crippen MR) is 449 cm³/mol. The summed E-state index contributed by atoms with van der Waals surface area (Å²) in [6.45, 7) is 37.8. The molecule has 0 atom stereocenters. The van der Waals surface area contributed by atoms with Gasteiger partial charge in [0.05, 0.1) is 10.6 Å². The number of aromatic nitrogens is 3. The summed E-state index contributed by atoms with van der Waals surface area (Å²) in [7, 11) is 4.11. The first kappa shape index (κ1) is 84.2. The summed E-state index contributed by atoms with van der Waals surface area (Å²) in [5, 5.41) is 4.76. The quantitative estimate of drug-likeness (QED) is 0.0897. The Kier molecular flexibility index (Phi) is 29.2. The summed E-state index contributed by atoms with van der Waals surface area (Å²) in [6, 6.07) is 97.0. The average Bonchev–Trinajstić information content (AvgIpc) is 1.69. The number of anilines is 2.